The van der Waals surface area contributed by atoms with Gasteiger partial charge in [-0.05, 0) is 127 Å². The van der Waals surface area contributed by atoms with Crippen LogP contribution >= 0.6 is 0 Å². The Morgan fingerprint density at radius 2 is 1.43 bits per heavy atom. The van der Waals surface area contributed by atoms with Crippen LogP contribution in [0.4, 0.5) is 22.7 Å². The highest BCUT2D eigenvalue weighted by Crippen LogP contribution is 2.43. The molecule has 2 heteroatoms. The van der Waals surface area contributed by atoms with Crippen LogP contribution in [0, 0.1) is 0 Å². The predicted molar refractivity (Wildman–Crippen MR) is 202 cm³/mol. The van der Waals surface area contributed by atoms with Gasteiger partial charge >= 0.3 is 0 Å². The molecule has 0 heterocycles. The van der Waals surface area contributed by atoms with Crippen LogP contribution in [0.15, 0.2) is 152 Å². The van der Waals surface area contributed by atoms with Crippen molar-refractivity contribution in [3.05, 3.63) is 168 Å². The molecule has 0 aliphatic heterocycles. The van der Waals surface area contributed by atoms with Gasteiger partial charge in [0.15, 0.2) is 0 Å². The van der Waals surface area contributed by atoms with E-state index < -0.39 is 0 Å². The molecule has 0 bridgehead atoms. The Labute approximate surface area is 279 Å². The first-order valence-electron chi connectivity index (χ1n) is 17.2. The van der Waals surface area contributed by atoms with Crippen LogP contribution < -0.4 is 9.80 Å². The Balaban J connectivity index is 1.08. The summed E-state index contributed by atoms with van der Waals surface area (Å²) in [5.41, 5.74) is 10.5. The molecule has 0 N–H and O–H groups in total. The molecule has 0 amide bonds. The average Bonchev–Trinajstić information content (AvgIpc) is 3.13. The number of anilines is 4. The van der Waals surface area contributed by atoms with Gasteiger partial charge in [0.1, 0.15) is 0 Å². The molecule has 3 aliphatic carbocycles. The maximum absolute atomic E-state index is 2.71. The van der Waals surface area contributed by atoms with Gasteiger partial charge in [-0.2, -0.15) is 0 Å². The normalized spacial score (nSPS) is 20.1. The van der Waals surface area contributed by atoms with Crippen molar-refractivity contribution in [1.29, 1.82) is 0 Å². The fraction of sp³-hybridized carbons (Fsp3) is 0.200. The van der Waals surface area contributed by atoms with Crippen LogP contribution in [-0.4, -0.2) is 11.6 Å². The number of rotatable bonds is 7. The first-order chi connectivity index (χ1) is 23.1. The van der Waals surface area contributed by atoms with Gasteiger partial charge in [-0.3, -0.25) is 0 Å². The van der Waals surface area contributed by atoms with Crippen molar-refractivity contribution in [2.75, 3.05) is 9.80 Å². The quantitative estimate of drug-likeness (QED) is 0.181. The van der Waals surface area contributed by atoms with Crippen LogP contribution in [0.2, 0.25) is 0 Å². The van der Waals surface area contributed by atoms with Crippen molar-refractivity contribution < 1.29 is 0 Å². The highest BCUT2D eigenvalue weighted by atomic mass is 15.2. The lowest BCUT2D eigenvalue weighted by atomic mass is 9.79. The third-order valence-corrected chi connectivity index (χ3v) is 10.4. The van der Waals surface area contributed by atoms with Crippen molar-refractivity contribution in [3.63, 3.8) is 0 Å². The minimum Gasteiger partial charge on any atom is -0.359 e. The minimum absolute atomic E-state index is 0.0256. The number of para-hydroxylation sites is 1. The van der Waals surface area contributed by atoms with Gasteiger partial charge in [-0.25, -0.2) is 0 Å². The molecule has 2 unspecified atom stereocenters. The summed E-state index contributed by atoms with van der Waals surface area (Å²) >= 11 is 0. The van der Waals surface area contributed by atoms with Gasteiger partial charge in [0.05, 0.1) is 6.04 Å². The van der Waals surface area contributed by atoms with Crippen LogP contribution in [0.3, 0.4) is 0 Å². The fourth-order valence-corrected chi connectivity index (χ4v) is 7.83. The van der Waals surface area contributed by atoms with Crippen molar-refractivity contribution in [2.24, 2.45) is 0 Å². The Bertz CT molecular complexity index is 2010. The monoisotopic (exact) mass is 610 g/mol. The molecule has 2 atom stereocenters. The summed E-state index contributed by atoms with van der Waals surface area (Å²) in [7, 11) is 0. The summed E-state index contributed by atoms with van der Waals surface area (Å²) in [6, 6.07) is 43.0. The molecule has 0 spiro atoms. The molecule has 2 nitrogen and oxygen atoms in total. The summed E-state index contributed by atoms with van der Waals surface area (Å²) in [4.78, 5) is 5.10. The van der Waals surface area contributed by atoms with E-state index in [2.05, 4.69) is 175 Å². The SMILES string of the molecule is CC1(N(c2ccc3ccccc3c2)C2C=CC=CC2)CC=C(c2ccc(N(c3ccccc3)c3ccc4c(c3)CCC=C4)cc2)CC1. The summed E-state index contributed by atoms with van der Waals surface area (Å²) < 4.78 is 0. The molecule has 5 aromatic rings. The fourth-order valence-electron chi connectivity index (χ4n) is 7.83. The van der Waals surface area contributed by atoms with Crippen LogP contribution in [0.25, 0.3) is 22.4 Å². The van der Waals surface area contributed by atoms with Crippen LogP contribution in [0.5, 0.6) is 0 Å². The van der Waals surface area contributed by atoms with E-state index in [-0.39, 0.29) is 5.54 Å². The molecular weight excluding hydrogens is 569 g/mol. The van der Waals surface area contributed by atoms with E-state index in [1.807, 2.05) is 0 Å². The standard InChI is InChI=1S/C45H42N2/c1-45(47(42-18-6-3-7-19-42)44-27-23-35-13-9-11-15-39(35)33-44)30-28-37(29-31-45)36-20-24-41(25-21-36)46(40-16-4-2-5-17-40)43-26-22-34-12-8-10-14-38(34)32-43/h2-9,11-13,15-18,20-28,32-33,42H,10,14,19,29-31H2,1H3. The largest absolute Gasteiger partial charge is 0.359 e. The molecule has 5 aromatic carbocycles. The number of hydrogen-bond donors (Lipinski definition) is 0. The van der Waals surface area contributed by atoms with Crippen molar-refractivity contribution in [2.45, 2.75) is 57.0 Å². The first-order valence-corrected chi connectivity index (χ1v) is 17.2. The smallest absolute Gasteiger partial charge is 0.0516 e. The van der Waals surface area contributed by atoms with E-state index in [9.17, 15) is 0 Å². The second-order valence-electron chi connectivity index (χ2n) is 13.5. The molecule has 3 aliphatic rings. The summed E-state index contributed by atoms with van der Waals surface area (Å²) in [5.74, 6) is 0. The molecule has 232 valence electrons. The van der Waals surface area contributed by atoms with Crippen LogP contribution in [0.1, 0.15) is 55.7 Å². The van der Waals surface area contributed by atoms with Gasteiger partial charge in [0, 0.05) is 28.3 Å². The third kappa shape index (κ3) is 5.85. The number of benzene rings is 5. The number of aryl methyl sites for hydroxylation is 1. The zero-order valence-electron chi connectivity index (χ0n) is 27.2. The molecule has 0 saturated heterocycles. The van der Waals surface area contributed by atoms with Gasteiger partial charge in [-0.15, -0.1) is 0 Å². The Hall–Kier alpha value is -5.08. The molecule has 0 fully saturated rings. The molecular formula is C45H42N2. The van der Waals surface area contributed by atoms with E-state index in [1.54, 1.807) is 0 Å². The van der Waals surface area contributed by atoms with Gasteiger partial charge in [-0.1, -0.05) is 109 Å². The minimum atomic E-state index is 0.0256. The number of allylic oxidation sites excluding steroid dienone is 4. The van der Waals surface area contributed by atoms with E-state index in [1.165, 1.54) is 55.8 Å². The molecule has 8 rings (SSSR count). The van der Waals surface area contributed by atoms with Crippen molar-refractivity contribution in [3.8, 4) is 0 Å². The maximum atomic E-state index is 2.71. The molecule has 47 heavy (non-hydrogen) atoms. The maximum Gasteiger partial charge on any atom is 0.0516 e. The third-order valence-electron chi connectivity index (χ3n) is 10.4. The highest BCUT2D eigenvalue weighted by Gasteiger charge is 2.37. The lowest BCUT2D eigenvalue weighted by molar-refractivity contribution is 0.369. The molecule has 0 radical (unpaired) electrons. The van der Waals surface area contributed by atoms with Gasteiger partial charge in [0.2, 0.25) is 0 Å². The molecule has 0 aromatic heterocycles. The van der Waals surface area contributed by atoms with Crippen molar-refractivity contribution >= 4 is 45.2 Å². The first kappa shape index (κ1) is 29.3. The van der Waals surface area contributed by atoms with Gasteiger partial charge < -0.3 is 9.80 Å². The van der Waals surface area contributed by atoms with Crippen molar-refractivity contribution in [1.82, 2.24) is 0 Å². The average molecular weight is 611 g/mol. The van der Waals surface area contributed by atoms with E-state index in [0.717, 1.165) is 38.5 Å². The molecule has 0 saturated carbocycles. The highest BCUT2D eigenvalue weighted by molar-refractivity contribution is 5.86. The lowest BCUT2D eigenvalue weighted by Gasteiger charge is -2.49. The van der Waals surface area contributed by atoms with E-state index in [4.69, 9.17) is 0 Å². The topological polar surface area (TPSA) is 6.48 Å². The summed E-state index contributed by atoms with van der Waals surface area (Å²) in [6.07, 6.45) is 22.6. The van der Waals surface area contributed by atoms with Crippen LogP contribution in [-0.2, 0) is 6.42 Å². The summed E-state index contributed by atoms with van der Waals surface area (Å²) in [5, 5.41) is 2.60. The Morgan fingerprint density at radius 1 is 0.660 bits per heavy atom. The van der Waals surface area contributed by atoms with E-state index >= 15 is 0 Å². The lowest BCUT2D eigenvalue weighted by Crippen LogP contribution is -2.52. The second kappa shape index (κ2) is 12.6. The Kier molecular flexibility index (Phi) is 7.87. The zero-order chi connectivity index (χ0) is 31.6. The Morgan fingerprint density at radius 3 is 2.21 bits per heavy atom. The number of nitrogens with zero attached hydrogens (tertiary/aromatic N) is 2. The van der Waals surface area contributed by atoms with E-state index in [0.29, 0.717) is 6.04 Å². The number of fused-ring (bicyclic) bond motifs is 2. The second-order valence-corrected chi connectivity index (χ2v) is 13.5. The zero-order valence-corrected chi connectivity index (χ0v) is 27.2. The summed E-state index contributed by atoms with van der Waals surface area (Å²) in [6.45, 7) is 2.47. The van der Waals surface area contributed by atoms with Gasteiger partial charge in [0.25, 0.3) is 0 Å². The number of hydrogen-bond acceptors (Lipinski definition) is 2. The predicted octanol–water partition coefficient (Wildman–Crippen LogP) is 12.0.